The predicted molar refractivity (Wildman–Crippen MR) is 158 cm³/mol. The first-order valence-corrected chi connectivity index (χ1v) is 13.6. The van der Waals surface area contributed by atoms with Crippen molar-refractivity contribution in [3.63, 3.8) is 0 Å². The van der Waals surface area contributed by atoms with Crippen molar-refractivity contribution in [2.45, 2.75) is 187 Å². The van der Waals surface area contributed by atoms with Crippen LogP contribution in [0.4, 0.5) is 0 Å². The summed E-state index contributed by atoms with van der Waals surface area (Å²) in [5.41, 5.74) is -2.38. The molecule has 224 valence electrons. The van der Waals surface area contributed by atoms with Gasteiger partial charge in [0.1, 0.15) is 0 Å². The maximum Gasteiger partial charge on any atom is 4.00 e. The summed E-state index contributed by atoms with van der Waals surface area (Å²) in [6.07, 6.45) is 2.94. The topological polar surface area (TPSA) is 92.2 Å². The first-order valence-electron chi connectivity index (χ1n) is 13.6. The second-order valence-corrected chi connectivity index (χ2v) is 18.0. The third-order valence-electron chi connectivity index (χ3n) is 3.82. The van der Waals surface area contributed by atoms with E-state index in [4.69, 9.17) is 0 Å². The summed E-state index contributed by atoms with van der Waals surface area (Å²) < 4.78 is 0. The molecular formula is C32H68O4Si. The molecule has 0 saturated carbocycles. The molecule has 37 heavy (non-hydrogen) atoms. The quantitative estimate of drug-likeness (QED) is 0.414. The summed E-state index contributed by atoms with van der Waals surface area (Å²) in [7, 11) is 0. The zero-order valence-electron chi connectivity index (χ0n) is 29.0. The molecular weight excluding hydrogens is 476 g/mol. The summed E-state index contributed by atoms with van der Waals surface area (Å²) >= 11 is 0. The Morgan fingerprint density at radius 3 is 0.351 bits per heavy atom. The van der Waals surface area contributed by atoms with Crippen LogP contribution in [-0.4, -0.2) is 33.4 Å². The summed E-state index contributed by atoms with van der Waals surface area (Å²) in [6, 6.07) is 0. The molecule has 0 aromatic carbocycles. The number of hydrogen-bond donors (Lipinski definition) is 0. The van der Waals surface area contributed by atoms with Crippen LogP contribution in [0.25, 0.3) is 0 Å². The fourth-order valence-corrected chi connectivity index (χ4v) is 5.11. The maximum atomic E-state index is 11.1. The SMILES string of the molecule is CC(C)(C)CC(C)(C)[O-].CC(C)(C)CC(C)(C)[O-].CC(C)(C)CC(C)(C)[O-].CC(C)(C)CC(C)(C)[O-].[Si+4]. The molecule has 0 unspecified atom stereocenters. The average molecular weight is 545 g/mol. The second kappa shape index (κ2) is 16.4. The molecule has 0 aliphatic rings. The van der Waals surface area contributed by atoms with E-state index in [0.29, 0.717) is 0 Å². The number of hydrogen-bond acceptors (Lipinski definition) is 4. The fraction of sp³-hybridized carbons (Fsp3) is 1.00. The molecule has 0 N–H and O–H groups in total. The van der Waals surface area contributed by atoms with Crippen LogP contribution in [0, 0.1) is 21.7 Å². The molecule has 0 rings (SSSR count). The molecule has 0 aliphatic heterocycles. The van der Waals surface area contributed by atoms with Gasteiger partial charge >= 0.3 is 11.0 Å². The van der Waals surface area contributed by atoms with Gasteiger partial charge in [0.25, 0.3) is 0 Å². The van der Waals surface area contributed by atoms with Gasteiger partial charge in [0.15, 0.2) is 0 Å². The first kappa shape index (κ1) is 46.9. The molecule has 4 nitrogen and oxygen atoms in total. The molecule has 0 atom stereocenters. The predicted octanol–water partition coefficient (Wildman–Crippen LogP) is 5.87. The van der Waals surface area contributed by atoms with Crippen molar-refractivity contribution in [3.05, 3.63) is 0 Å². The number of rotatable bonds is 4. The molecule has 0 aromatic rings. The van der Waals surface area contributed by atoms with Gasteiger partial charge < -0.3 is 20.4 Å². The van der Waals surface area contributed by atoms with Crippen molar-refractivity contribution >= 4 is 11.0 Å². The molecule has 0 aromatic heterocycles. The smallest absolute Gasteiger partial charge is 0.850 e. The molecule has 0 amide bonds. The maximum absolute atomic E-state index is 11.1. The van der Waals surface area contributed by atoms with Crippen molar-refractivity contribution in [2.75, 3.05) is 0 Å². The van der Waals surface area contributed by atoms with Crippen molar-refractivity contribution in [3.8, 4) is 0 Å². The van der Waals surface area contributed by atoms with Gasteiger partial charge in [0.05, 0.1) is 0 Å². The van der Waals surface area contributed by atoms with E-state index >= 15 is 0 Å². The minimum Gasteiger partial charge on any atom is -0.850 e. The normalized spacial score (nSPS) is 13.6. The van der Waals surface area contributed by atoms with E-state index in [1.54, 1.807) is 55.4 Å². The third kappa shape index (κ3) is 72.3. The van der Waals surface area contributed by atoms with Crippen LogP contribution in [0.5, 0.6) is 0 Å². The van der Waals surface area contributed by atoms with E-state index in [-0.39, 0.29) is 32.6 Å². The zero-order chi connectivity index (χ0) is 30.8. The average Bonchev–Trinajstić information content (AvgIpc) is 2.19. The minimum absolute atomic E-state index is 0. The summed E-state index contributed by atoms with van der Waals surface area (Å²) in [5.74, 6) is 0. The Kier molecular flexibility index (Phi) is 20.7. The van der Waals surface area contributed by atoms with Gasteiger partial charge in [0.2, 0.25) is 0 Å². The van der Waals surface area contributed by atoms with Gasteiger partial charge in [0, 0.05) is 0 Å². The Hall–Kier alpha value is 0.0569. The van der Waals surface area contributed by atoms with Gasteiger partial charge in [-0.05, 0) is 21.7 Å². The summed E-state index contributed by atoms with van der Waals surface area (Å²) in [4.78, 5) is 0. The van der Waals surface area contributed by atoms with Crippen molar-refractivity contribution < 1.29 is 20.4 Å². The standard InChI is InChI=1S/4C8H17O.Si/c4*1-7(2,3)6-8(4,5)9;/h4*6H2,1-5H3;/q4*-1;+4. The fourth-order valence-electron chi connectivity index (χ4n) is 5.11. The minimum atomic E-state index is -0.766. The largest absolute Gasteiger partial charge is 4.00 e. The van der Waals surface area contributed by atoms with E-state index in [1.165, 1.54) is 0 Å². The van der Waals surface area contributed by atoms with Crippen LogP contribution in [0.15, 0.2) is 0 Å². The van der Waals surface area contributed by atoms with Crippen LogP contribution >= 0.6 is 0 Å². The zero-order valence-corrected chi connectivity index (χ0v) is 30.0. The van der Waals surface area contributed by atoms with Crippen molar-refractivity contribution in [2.24, 2.45) is 21.7 Å². The molecule has 0 radical (unpaired) electrons. The third-order valence-corrected chi connectivity index (χ3v) is 3.82. The summed E-state index contributed by atoms with van der Waals surface area (Å²) in [5, 5.41) is 44.5. The first-order chi connectivity index (χ1) is 14.8. The van der Waals surface area contributed by atoms with Gasteiger partial charge in [-0.25, -0.2) is 0 Å². The monoisotopic (exact) mass is 544 g/mol. The van der Waals surface area contributed by atoms with Crippen LogP contribution in [-0.2, 0) is 0 Å². The van der Waals surface area contributed by atoms with E-state index in [1.807, 2.05) is 0 Å². The molecule has 0 spiro atoms. The Labute approximate surface area is 239 Å². The Morgan fingerprint density at radius 2 is 0.351 bits per heavy atom. The molecule has 0 aliphatic carbocycles. The second-order valence-electron chi connectivity index (χ2n) is 18.0. The molecule has 0 saturated heterocycles. The van der Waals surface area contributed by atoms with Gasteiger partial charge in [-0.15, -0.1) is 22.4 Å². The van der Waals surface area contributed by atoms with E-state index in [0.717, 1.165) is 25.7 Å². The molecule has 0 fully saturated rings. The molecule has 0 heterocycles. The Balaban J connectivity index is -0.000000122. The van der Waals surface area contributed by atoms with E-state index in [2.05, 4.69) is 83.1 Å². The summed E-state index contributed by atoms with van der Waals surface area (Å²) in [6.45, 7) is 39.0. The van der Waals surface area contributed by atoms with Crippen LogP contribution in [0.3, 0.4) is 0 Å². The van der Waals surface area contributed by atoms with Crippen molar-refractivity contribution in [1.82, 2.24) is 0 Å². The van der Waals surface area contributed by atoms with Gasteiger partial charge in [-0.2, -0.15) is 0 Å². The Morgan fingerprint density at radius 1 is 0.270 bits per heavy atom. The van der Waals surface area contributed by atoms with E-state index < -0.39 is 22.4 Å². The van der Waals surface area contributed by atoms with Crippen LogP contribution < -0.4 is 20.4 Å². The Bertz CT molecular complexity index is 390. The molecule has 5 heteroatoms. The van der Waals surface area contributed by atoms with Gasteiger partial charge in [-0.1, -0.05) is 164 Å². The molecule has 0 bridgehead atoms. The van der Waals surface area contributed by atoms with E-state index in [9.17, 15) is 20.4 Å². The van der Waals surface area contributed by atoms with Gasteiger partial charge in [-0.3, -0.25) is 0 Å². The van der Waals surface area contributed by atoms with Crippen LogP contribution in [0.1, 0.15) is 164 Å². The van der Waals surface area contributed by atoms with Crippen molar-refractivity contribution in [1.29, 1.82) is 0 Å². The van der Waals surface area contributed by atoms with Crippen LogP contribution in [0.2, 0.25) is 0 Å².